The SMILES string of the molecule is CC(C)(C)c1ccc(C#N)c(-n2cncn2)c1. The van der Waals surface area contributed by atoms with Crippen LogP contribution in [0.25, 0.3) is 5.69 Å². The highest BCUT2D eigenvalue weighted by molar-refractivity contribution is 5.51. The summed E-state index contributed by atoms with van der Waals surface area (Å²) in [4.78, 5) is 3.91. The highest BCUT2D eigenvalue weighted by Crippen LogP contribution is 2.25. The van der Waals surface area contributed by atoms with Crippen molar-refractivity contribution in [3.05, 3.63) is 42.0 Å². The molecule has 0 saturated heterocycles. The van der Waals surface area contributed by atoms with Gasteiger partial charge in [0.15, 0.2) is 0 Å². The molecule has 1 heterocycles. The van der Waals surface area contributed by atoms with Gasteiger partial charge in [0, 0.05) is 0 Å². The standard InChI is InChI=1S/C13H14N4/c1-13(2,3)11-5-4-10(7-14)12(6-11)17-9-15-8-16-17/h4-6,8-9H,1-3H3. The Kier molecular flexibility index (Phi) is 2.68. The van der Waals surface area contributed by atoms with E-state index in [1.165, 1.54) is 11.9 Å². The monoisotopic (exact) mass is 226 g/mol. The van der Waals surface area contributed by atoms with Gasteiger partial charge in [0.05, 0.1) is 11.3 Å². The first-order valence-corrected chi connectivity index (χ1v) is 5.42. The van der Waals surface area contributed by atoms with E-state index in [1.807, 2.05) is 18.2 Å². The van der Waals surface area contributed by atoms with Crippen LogP contribution in [0.1, 0.15) is 31.9 Å². The Morgan fingerprint density at radius 2 is 2.06 bits per heavy atom. The maximum Gasteiger partial charge on any atom is 0.138 e. The number of nitriles is 1. The van der Waals surface area contributed by atoms with E-state index in [9.17, 15) is 0 Å². The number of hydrogen-bond donors (Lipinski definition) is 0. The number of rotatable bonds is 1. The molecule has 0 aliphatic heterocycles. The average Bonchev–Trinajstić information content (AvgIpc) is 2.80. The first kappa shape index (κ1) is 11.3. The van der Waals surface area contributed by atoms with Crippen LogP contribution in [0.3, 0.4) is 0 Å². The summed E-state index contributed by atoms with van der Waals surface area (Å²) in [6, 6.07) is 7.98. The Morgan fingerprint density at radius 3 is 2.59 bits per heavy atom. The Hall–Kier alpha value is -2.15. The Morgan fingerprint density at radius 1 is 1.29 bits per heavy atom. The lowest BCUT2D eigenvalue weighted by Gasteiger charge is -2.20. The molecule has 0 aliphatic carbocycles. The third-order valence-corrected chi connectivity index (χ3v) is 2.65. The summed E-state index contributed by atoms with van der Waals surface area (Å²) in [5.41, 5.74) is 2.59. The van der Waals surface area contributed by atoms with Crippen LogP contribution < -0.4 is 0 Å². The van der Waals surface area contributed by atoms with Crippen LogP contribution in [-0.4, -0.2) is 14.8 Å². The number of hydrogen-bond acceptors (Lipinski definition) is 3. The van der Waals surface area contributed by atoms with Crippen molar-refractivity contribution in [2.75, 3.05) is 0 Å². The third-order valence-electron chi connectivity index (χ3n) is 2.65. The van der Waals surface area contributed by atoms with Crippen molar-refractivity contribution < 1.29 is 0 Å². The van der Waals surface area contributed by atoms with E-state index in [1.54, 1.807) is 11.0 Å². The zero-order valence-electron chi connectivity index (χ0n) is 10.2. The maximum atomic E-state index is 9.10. The normalized spacial score (nSPS) is 11.2. The van der Waals surface area contributed by atoms with Crippen molar-refractivity contribution >= 4 is 0 Å². The Bertz CT molecular complexity index is 556. The molecule has 0 amide bonds. The van der Waals surface area contributed by atoms with Crippen molar-refractivity contribution in [3.8, 4) is 11.8 Å². The molecule has 4 heteroatoms. The molecule has 86 valence electrons. The molecule has 0 unspecified atom stereocenters. The van der Waals surface area contributed by atoms with Gasteiger partial charge >= 0.3 is 0 Å². The molecule has 2 aromatic rings. The molecule has 1 aromatic heterocycles. The lowest BCUT2D eigenvalue weighted by Crippen LogP contribution is -2.12. The van der Waals surface area contributed by atoms with Gasteiger partial charge in [0.1, 0.15) is 18.7 Å². The second-order valence-corrected chi connectivity index (χ2v) is 4.93. The quantitative estimate of drug-likeness (QED) is 0.750. The van der Waals surface area contributed by atoms with Gasteiger partial charge in [-0.2, -0.15) is 10.4 Å². The summed E-state index contributed by atoms with van der Waals surface area (Å²) < 4.78 is 1.62. The highest BCUT2D eigenvalue weighted by atomic mass is 15.3. The van der Waals surface area contributed by atoms with E-state index in [-0.39, 0.29) is 5.41 Å². The van der Waals surface area contributed by atoms with Crippen molar-refractivity contribution in [2.45, 2.75) is 26.2 Å². The average molecular weight is 226 g/mol. The van der Waals surface area contributed by atoms with Crippen LogP contribution in [-0.2, 0) is 5.41 Å². The van der Waals surface area contributed by atoms with Crippen molar-refractivity contribution in [3.63, 3.8) is 0 Å². The van der Waals surface area contributed by atoms with Gasteiger partial charge in [-0.3, -0.25) is 0 Å². The summed E-state index contributed by atoms with van der Waals surface area (Å²) in [5, 5.41) is 13.2. The number of aromatic nitrogens is 3. The van der Waals surface area contributed by atoms with E-state index < -0.39 is 0 Å². The molecule has 4 nitrogen and oxygen atoms in total. The van der Waals surface area contributed by atoms with E-state index in [4.69, 9.17) is 5.26 Å². The summed E-state index contributed by atoms with van der Waals surface area (Å²) >= 11 is 0. The molecule has 1 aromatic carbocycles. The predicted molar refractivity (Wildman–Crippen MR) is 64.8 cm³/mol. The minimum atomic E-state index is 0.0450. The molecule has 17 heavy (non-hydrogen) atoms. The van der Waals surface area contributed by atoms with Gasteiger partial charge in [-0.05, 0) is 23.1 Å². The molecule has 2 rings (SSSR count). The zero-order chi connectivity index (χ0) is 12.5. The summed E-state index contributed by atoms with van der Waals surface area (Å²) in [7, 11) is 0. The van der Waals surface area contributed by atoms with Gasteiger partial charge in [-0.1, -0.05) is 26.8 Å². The predicted octanol–water partition coefficient (Wildman–Crippen LogP) is 2.44. The number of nitrogens with zero attached hydrogens (tertiary/aromatic N) is 4. The minimum Gasteiger partial charge on any atom is -0.223 e. The highest BCUT2D eigenvalue weighted by Gasteiger charge is 2.16. The van der Waals surface area contributed by atoms with Gasteiger partial charge < -0.3 is 0 Å². The van der Waals surface area contributed by atoms with Crippen molar-refractivity contribution in [1.29, 1.82) is 5.26 Å². The molecule has 0 atom stereocenters. The summed E-state index contributed by atoms with van der Waals surface area (Å²) in [5.74, 6) is 0. The van der Waals surface area contributed by atoms with Crippen LogP contribution >= 0.6 is 0 Å². The van der Waals surface area contributed by atoms with E-state index in [0.29, 0.717) is 5.56 Å². The fourth-order valence-electron chi connectivity index (χ4n) is 1.61. The van der Waals surface area contributed by atoms with Crippen molar-refractivity contribution in [1.82, 2.24) is 14.8 Å². The van der Waals surface area contributed by atoms with Gasteiger partial charge in [-0.25, -0.2) is 9.67 Å². The second kappa shape index (κ2) is 4.02. The molecule has 0 spiro atoms. The van der Waals surface area contributed by atoms with Gasteiger partial charge in [-0.15, -0.1) is 0 Å². The van der Waals surface area contributed by atoms with Crippen LogP contribution in [0.4, 0.5) is 0 Å². The lowest BCUT2D eigenvalue weighted by atomic mass is 9.86. The topological polar surface area (TPSA) is 54.5 Å². The van der Waals surface area contributed by atoms with Crippen LogP contribution in [0.15, 0.2) is 30.9 Å². The van der Waals surface area contributed by atoms with Crippen molar-refractivity contribution in [2.24, 2.45) is 0 Å². The van der Waals surface area contributed by atoms with Crippen LogP contribution in [0, 0.1) is 11.3 Å². The molecule has 0 N–H and O–H groups in total. The van der Waals surface area contributed by atoms with Gasteiger partial charge in [0.2, 0.25) is 0 Å². The largest absolute Gasteiger partial charge is 0.223 e. The maximum absolute atomic E-state index is 9.10. The third kappa shape index (κ3) is 2.18. The fraction of sp³-hybridized carbons (Fsp3) is 0.308. The van der Waals surface area contributed by atoms with E-state index in [0.717, 1.165) is 5.69 Å². The Labute approximate surface area is 101 Å². The first-order valence-electron chi connectivity index (χ1n) is 5.42. The second-order valence-electron chi connectivity index (χ2n) is 4.93. The Balaban J connectivity index is 2.61. The van der Waals surface area contributed by atoms with Crippen LogP contribution in [0.5, 0.6) is 0 Å². The van der Waals surface area contributed by atoms with E-state index >= 15 is 0 Å². The molecule has 0 radical (unpaired) electrons. The summed E-state index contributed by atoms with van der Waals surface area (Å²) in [6.45, 7) is 6.42. The zero-order valence-corrected chi connectivity index (χ0v) is 10.2. The van der Waals surface area contributed by atoms with E-state index in [2.05, 4.69) is 36.9 Å². The molecular weight excluding hydrogens is 212 g/mol. The number of benzene rings is 1. The summed E-state index contributed by atoms with van der Waals surface area (Å²) in [6.07, 6.45) is 3.06. The lowest BCUT2D eigenvalue weighted by molar-refractivity contribution is 0.589. The molecule has 0 saturated carbocycles. The smallest absolute Gasteiger partial charge is 0.138 e. The molecular formula is C13H14N4. The minimum absolute atomic E-state index is 0.0450. The first-order chi connectivity index (χ1) is 8.02. The fourth-order valence-corrected chi connectivity index (χ4v) is 1.61. The molecule has 0 bridgehead atoms. The van der Waals surface area contributed by atoms with Gasteiger partial charge in [0.25, 0.3) is 0 Å². The molecule has 0 fully saturated rings. The van der Waals surface area contributed by atoms with Crippen LogP contribution in [0.2, 0.25) is 0 Å². The molecule has 0 aliphatic rings.